The average Bonchev–Trinajstić information content (AvgIpc) is 3.29. The molecule has 27 heavy (non-hydrogen) atoms. The van der Waals surface area contributed by atoms with Gasteiger partial charge in [-0.15, -0.1) is 0 Å². The fourth-order valence-corrected chi connectivity index (χ4v) is 3.34. The number of carbonyl (C=O) groups is 1. The zero-order valence-electron chi connectivity index (χ0n) is 15.2. The van der Waals surface area contributed by atoms with Crippen LogP contribution in [0.5, 0.6) is 23.0 Å². The third-order valence-electron chi connectivity index (χ3n) is 4.74. The Morgan fingerprint density at radius 1 is 1.00 bits per heavy atom. The molecule has 1 saturated heterocycles. The summed E-state index contributed by atoms with van der Waals surface area (Å²) in [6, 6.07) is 11.4. The molecule has 2 heterocycles. The van der Waals surface area contributed by atoms with Crippen LogP contribution in [0.3, 0.4) is 0 Å². The van der Waals surface area contributed by atoms with Crippen molar-refractivity contribution < 1.29 is 28.5 Å². The van der Waals surface area contributed by atoms with E-state index in [4.69, 9.17) is 23.7 Å². The van der Waals surface area contributed by atoms with Crippen molar-refractivity contribution in [3.8, 4) is 23.0 Å². The smallest absolute Gasteiger partial charge is 0.334 e. The van der Waals surface area contributed by atoms with Gasteiger partial charge in [-0.1, -0.05) is 12.1 Å². The predicted molar refractivity (Wildman–Crippen MR) is 98.2 cm³/mol. The van der Waals surface area contributed by atoms with E-state index >= 15 is 0 Å². The summed E-state index contributed by atoms with van der Waals surface area (Å²) < 4.78 is 26.7. The molecule has 2 aliphatic heterocycles. The number of rotatable bonds is 5. The first-order valence-electron chi connectivity index (χ1n) is 8.67. The largest absolute Gasteiger partial charge is 0.493 e. The summed E-state index contributed by atoms with van der Waals surface area (Å²) in [5, 5.41) is 0. The quantitative estimate of drug-likeness (QED) is 0.596. The van der Waals surface area contributed by atoms with Crippen LogP contribution in [0, 0.1) is 5.92 Å². The number of hydrogen-bond acceptors (Lipinski definition) is 6. The van der Waals surface area contributed by atoms with Gasteiger partial charge in [0, 0.05) is 11.5 Å². The van der Waals surface area contributed by atoms with Crippen molar-refractivity contribution in [2.24, 2.45) is 5.92 Å². The van der Waals surface area contributed by atoms with Crippen LogP contribution in [0.15, 0.2) is 42.0 Å². The number of hydrogen-bond donors (Lipinski definition) is 0. The van der Waals surface area contributed by atoms with Crippen molar-refractivity contribution >= 4 is 12.0 Å². The minimum Gasteiger partial charge on any atom is -0.493 e. The van der Waals surface area contributed by atoms with Gasteiger partial charge in [0.25, 0.3) is 0 Å². The highest BCUT2D eigenvalue weighted by Gasteiger charge is 2.31. The Kier molecular flexibility index (Phi) is 4.62. The minimum atomic E-state index is -0.282. The standard InChI is InChI=1S/C21H20O6/c1-23-17-5-3-14(9-19(17)24-2)8-16-15(11-25-21(16)22)7-13-4-6-18-20(10-13)27-12-26-18/h3-6,8-10,15H,7,11-12H2,1-2H3/b16-8+/t15-/m0/s1. The van der Waals surface area contributed by atoms with Gasteiger partial charge in [-0.05, 0) is 47.9 Å². The Morgan fingerprint density at radius 2 is 1.81 bits per heavy atom. The second-order valence-corrected chi connectivity index (χ2v) is 6.40. The van der Waals surface area contributed by atoms with Gasteiger partial charge in [0.2, 0.25) is 6.79 Å². The van der Waals surface area contributed by atoms with Crippen molar-refractivity contribution in [3.05, 3.63) is 53.1 Å². The van der Waals surface area contributed by atoms with Gasteiger partial charge in [-0.2, -0.15) is 0 Å². The number of esters is 1. The van der Waals surface area contributed by atoms with Crippen LogP contribution >= 0.6 is 0 Å². The number of benzene rings is 2. The lowest BCUT2D eigenvalue weighted by molar-refractivity contribution is -0.135. The Morgan fingerprint density at radius 3 is 2.63 bits per heavy atom. The predicted octanol–water partition coefficient (Wildman–Crippen LogP) is 3.23. The number of methoxy groups -OCH3 is 2. The van der Waals surface area contributed by atoms with E-state index in [1.165, 1.54) is 0 Å². The molecular weight excluding hydrogens is 348 g/mol. The van der Waals surface area contributed by atoms with Gasteiger partial charge in [-0.25, -0.2) is 4.79 Å². The normalized spacial score (nSPS) is 19.3. The summed E-state index contributed by atoms with van der Waals surface area (Å²) in [7, 11) is 3.17. The molecule has 1 atom stereocenters. The van der Waals surface area contributed by atoms with Crippen molar-refractivity contribution in [3.63, 3.8) is 0 Å². The van der Waals surface area contributed by atoms with Gasteiger partial charge in [0.15, 0.2) is 23.0 Å². The van der Waals surface area contributed by atoms with Crippen molar-refractivity contribution in [1.29, 1.82) is 0 Å². The van der Waals surface area contributed by atoms with Crippen LogP contribution in [0.2, 0.25) is 0 Å². The minimum absolute atomic E-state index is 0.0223. The highest BCUT2D eigenvalue weighted by atomic mass is 16.7. The number of cyclic esters (lactones) is 1. The van der Waals surface area contributed by atoms with Crippen molar-refractivity contribution in [2.45, 2.75) is 6.42 Å². The fraction of sp³-hybridized carbons (Fsp3) is 0.286. The molecule has 2 aromatic carbocycles. The lowest BCUT2D eigenvalue weighted by Gasteiger charge is -2.11. The van der Waals surface area contributed by atoms with E-state index in [1.54, 1.807) is 14.2 Å². The maximum absolute atomic E-state index is 12.3. The van der Waals surface area contributed by atoms with Crippen LogP contribution in [-0.2, 0) is 16.0 Å². The third kappa shape index (κ3) is 3.43. The molecule has 6 heteroatoms. The van der Waals surface area contributed by atoms with E-state index in [0.717, 1.165) is 22.6 Å². The first kappa shape index (κ1) is 17.3. The zero-order valence-corrected chi connectivity index (χ0v) is 15.2. The molecule has 6 nitrogen and oxygen atoms in total. The lowest BCUT2D eigenvalue weighted by atomic mass is 9.92. The number of fused-ring (bicyclic) bond motifs is 1. The first-order chi connectivity index (χ1) is 13.2. The van der Waals surface area contributed by atoms with E-state index in [2.05, 4.69) is 0 Å². The maximum atomic E-state index is 12.3. The van der Waals surface area contributed by atoms with Gasteiger partial charge in [-0.3, -0.25) is 0 Å². The summed E-state index contributed by atoms with van der Waals surface area (Å²) in [6.45, 7) is 0.612. The highest BCUT2D eigenvalue weighted by molar-refractivity contribution is 5.96. The van der Waals surface area contributed by atoms with Crippen LogP contribution < -0.4 is 18.9 Å². The van der Waals surface area contributed by atoms with E-state index < -0.39 is 0 Å². The molecule has 140 valence electrons. The van der Waals surface area contributed by atoms with Gasteiger partial charge in [0.1, 0.15) is 0 Å². The third-order valence-corrected chi connectivity index (χ3v) is 4.74. The van der Waals surface area contributed by atoms with Gasteiger partial charge >= 0.3 is 5.97 Å². The van der Waals surface area contributed by atoms with Crippen LogP contribution in [0.4, 0.5) is 0 Å². The molecule has 0 spiro atoms. The van der Waals surface area contributed by atoms with E-state index in [9.17, 15) is 4.79 Å². The Balaban J connectivity index is 1.59. The fourth-order valence-electron chi connectivity index (χ4n) is 3.34. The van der Waals surface area contributed by atoms with Crippen LogP contribution in [0.1, 0.15) is 11.1 Å². The molecule has 0 N–H and O–H groups in total. The Labute approximate surface area is 157 Å². The van der Waals surface area contributed by atoms with E-state index in [-0.39, 0.29) is 18.7 Å². The van der Waals surface area contributed by atoms with Crippen molar-refractivity contribution in [2.75, 3.05) is 27.6 Å². The lowest BCUT2D eigenvalue weighted by Crippen LogP contribution is -2.07. The monoisotopic (exact) mass is 368 g/mol. The average molecular weight is 368 g/mol. The number of carbonyl (C=O) groups excluding carboxylic acids is 1. The molecule has 2 aromatic rings. The SMILES string of the molecule is COc1ccc(/C=C2/C(=O)OC[C@@H]2Cc2ccc3c(c2)OCO3)cc1OC. The molecule has 1 fully saturated rings. The zero-order chi connectivity index (χ0) is 18.8. The molecule has 0 radical (unpaired) electrons. The molecule has 0 unspecified atom stereocenters. The molecule has 0 saturated carbocycles. The molecule has 0 amide bonds. The Bertz CT molecular complexity index is 902. The second-order valence-electron chi connectivity index (χ2n) is 6.40. The van der Waals surface area contributed by atoms with E-state index in [1.807, 2.05) is 42.5 Å². The van der Waals surface area contributed by atoms with Gasteiger partial charge < -0.3 is 23.7 Å². The molecule has 0 aliphatic carbocycles. The van der Waals surface area contributed by atoms with E-state index in [0.29, 0.717) is 30.1 Å². The molecule has 4 rings (SSSR count). The topological polar surface area (TPSA) is 63.2 Å². The second kappa shape index (κ2) is 7.23. The molecular formula is C21H20O6. The number of ether oxygens (including phenoxy) is 5. The molecule has 2 aliphatic rings. The van der Waals surface area contributed by atoms with Crippen LogP contribution in [-0.4, -0.2) is 33.6 Å². The highest BCUT2D eigenvalue weighted by Crippen LogP contribution is 2.35. The summed E-state index contributed by atoms with van der Waals surface area (Å²) >= 11 is 0. The Hall–Kier alpha value is -3.15. The maximum Gasteiger partial charge on any atom is 0.334 e. The molecule has 0 aromatic heterocycles. The van der Waals surface area contributed by atoms with Gasteiger partial charge in [0.05, 0.1) is 20.8 Å². The van der Waals surface area contributed by atoms with Crippen LogP contribution in [0.25, 0.3) is 6.08 Å². The summed E-state index contributed by atoms with van der Waals surface area (Å²) in [4.78, 5) is 12.3. The van der Waals surface area contributed by atoms with Crippen molar-refractivity contribution in [1.82, 2.24) is 0 Å². The summed E-state index contributed by atoms with van der Waals surface area (Å²) in [5.41, 5.74) is 2.58. The first-order valence-corrected chi connectivity index (χ1v) is 8.67. The summed E-state index contributed by atoms with van der Waals surface area (Å²) in [5.74, 6) is 2.44. The summed E-state index contributed by atoms with van der Waals surface area (Å²) in [6.07, 6.45) is 2.54. The molecule has 0 bridgehead atoms.